The summed E-state index contributed by atoms with van der Waals surface area (Å²) in [7, 11) is 0. The molecule has 0 bridgehead atoms. The Morgan fingerprint density at radius 2 is 1.71 bits per heavy atom. The van der Waals surface area contributed by atoms with Crippen LogP contribution in [0.15, 0.2) is 30.3 Å². The standard InChI is InChI=1S/C16H24N2O3/c1-11(2)14(15(19)20)18-16(21)17-12(3)9-10-13-7-5-4-6-8-13/h4-8,11-12,14H,9-10H2,1-3H3,(H,19,20)(H2,17,18,21)/t12?,14-/m0/s1. The minimum Gasteiger partial charge on any atom is -0.480 e. The monoisotopic (exact) mass is 292 g/mol. The highest BCUT2D eigenvalue weighted by molar-refractivity contribution is 5.82. The van der Waals surface area contributed by atoms with Crippen molar-refractivity contribution in [1.29, 1.82) is 0 Å². The van der Waals surface area contributed by atoms with Crippen LogP contribution < -0.4 is 10.6 Å². The third-order valence-corrected chi connectivity index (χ3v) is 3.31. The molecule has 0 aromatic heterocycles. The second-order valence-electron chi connectivity index (χ2n) is 5.60. The van der Waals surface area contributed by atoms with Crippen LogP contribution in [0.25, 0.3) is 0 Å². The van der Waals surface area contributed by atoms with Crippen molar-refractivity contribution in [2.45, 2.75) is 45.7 Å². The summed E-state index contributed by atoms with van der Waals surface area (Å²) in [6.07, 6.45) is 1.67. The van der Waals surface area contributed by atoms with Crippen LogP contribution in [0, 0.1) is 5.92 Å². The number of carboxylic acid groups (broad SMARTS) is 1. The Morgan fingerprint density at radius 3 is 2.24 bits per heavy atom. The number of aryl methyl sites for hydroxylation is 1. The van der Waals surface area contributed by atoms with E-state index in [2.05, 4.69) is 10.6 Å². The van der Waals surface area contributed by atoms with E-state index < -0.39 is 18.0 Å². The number of hydrogen-bond donors (Lipinski definition) is 3. The van der Waals surface area contributed by atoms with Crippen LogP contribution in [-0.2, 0) is 11.2 Å². The Hall–Kier alpha value is -2.04. The fraction of sp³-hybridized carbons (Fsp3) is 0.500. The van der Waals surface area contributed by atoms with Gasteiger partial charge >= 0.3 is 12.0 Å². The van der Waals surface area contributed by atoms with Gasteiger partial charge < -0.3 is 15.7 Å². The van der Waals surface area contributed by atoms with Gasteiger partial charge in [0.15, 0.2) is 0 Å². The molecule has 0 saturated heterocycles. The van der Waals surface area contributed by atoms with Crippen molar-refractivity contribution in [1.82, 2.24) is 10.6 Å². The summed E-state index contributed by atoms with van der Waals surface area (Å²) >= 11 is 0. The normalized spacial score (nSPS) is 13.5. The van der Waals surface area contributed by atoms with Gasteiger partial charge in [-0.05, 0) is 31.2 Å². The minimum atomic E-state index is -1.02. The molecule has 2 atom stereocenters. The summed E-state index contributed by atoms with van der Waals surface area (Å²) in [5.41, 5.74) is 1.22. The SMILES string of the molecule is CC(CCc1ccccc1)NC(=O)N[C@H](C(=O)O)C(C)C. The van der Waals surface area contributed by atoms with E-state index in [9.17, 15) is 9.59 Å². The van der Waals surface area contributed by atoms with Gasteiger partial charge in [0.2, 0.25) is 0 Å². The number of carboxylic acids is 1. The smallest absolute Gasteiger partial charge is 0.326 e. The first-order valence-electron chi connectivity index (χ1n) is 7.24. The van der Waals surface area contributed by atoms with Crippen molar-refractivity contribution in [2.75, 3.05) is 0 Å². The lowest BCUT2D eigenvalue weighted by Gasteiger charge is -2.20. The van der Waals surface area contributed by atoms with Crippen LogP contribution in [-0.4, -0.2) is 29.2 Å². The number of benzene rings is 1. The van der Waals surface area contributed by atoms with Gasteiger partial charge in [0.25, 0.3) is 0 Å². The van der Waals surface area contributed by atoms with Crippen LogP contribution >= 0.6 is 0 Å². The number of hydrogen-bond acceptors (Lipinski definition) is 2. The molecule has 5 heteroatoms. The van der Waals surface area contributed by atoms with E-state index in [-0.39, 0.29) is 12.0 Å². The number of carbonyl (C=O) groups excluding carboxylic acids is 1. The Morgan fingerprint density at radius 1 is 1.10 bits per heavy atom. The summed E-state index contributed by atoms with van der Waals surface area (Å²) in [5.74, 6) is -1.18. The van der Waals surface area contributed by atoms with Crippen molar-refractivity contribution in [3.05, 3.63) is 35.9 Å². The molecular weight excluding hydrogens is 268 g/mol. The molecule has 2 amide bonds. The van der Waals surface area contributed by atoms with Crippen molar-refractivity contribution in [3.8, 4) is 0 Å². The average molecular weight is 292 g/mol. The third kappa shape index (κ3) is 6.29. The first-order valence-corrected chi connectivity index (χ1v) is 7.24. The number of aliphatic carboxylic acids is 1. The molecular formula is C16H24N2O3. The minimum absolute atomic E-state index is 0.0215. The molecule has 0 radical (unpaired) electrons. The molecule has 0 aliphatic heterocycles. The molecule has 0 aliphatic carbocycles. The summed E-state index contributed by atoms with van der Waals surface area (Å²) in [5, 5.41) is 14.3. The van der Waals surface area contributed by atoms with Gasteiger partial charge in [-0.3, -0.25) is 0 Å². The van der Waals surface area contributed by atoms with Gasteiger partial charge in [0.05, 0.1) is 0 Å². The highest BCUT2D eigenvalue weighted by Gasteiger charge is 2.23. The van der Waals surface area contributed by atoms with E-state index >= 15 is 0 Å². The summed E-state index contributed by atoms with van der Waals surface area (Å²) in [6, 6.07) is 8.71. The van der Waals surface area contributed by atoms with Crippen molar-refractivity contribution in [2.24, 2.45) is 5.92 Å². The van der Waals surface area contributed by atoms with Gasteiger partial charge in [0.1, 0.15) is 6.04 Å². The predicted molar refractivity (Wildman–Crippen MR) is 82.2 cm³/mol. The molecule has 1 aromatic rings. The van der Waals surface area contributed by atoms with E-state index in [4.69, 9.17) is 5.11 Å². The largest absolute Gasteiger partial charge is 0.480 e. The second kappa shape index (κ2) is 8.29. The van der Waals surface area contributed by atoms with Crippen LogP contribution in [0.3, 0.4) is 0 Å². The molecule has 1 aromatic carbocycles. The summed E-state index contributed by atoms with van der Waals surface area (Å²) in [4.78, 5) is 22.8. The van der Waals surface area contributed by atoms with Gasteiger partial charge in [-0.15, -0.1) is 0 Å². The van der Waals surface area contributed by atoms with E-state index in [0.29, 0.717) is 0 Å². The van der Waals surface area contributed by atoms with Crippen molar-refractivity contribution < 1.29 is 14.7 Å². The number of nitrogens with one attached hydrogen (secondary N) is 2. The quantitative estimate of drug-likeness (QED) is 0.722. The maximum atomic E-state index is 11.8. The van der Waals surface area contributed by atoms with E-state index in [1.54, 1.807) is 13.8 Å². The average Bonchev–Trinajstić information content (AvgIpc) is 2.43. The molecule has 1 rings (SSSR count). The summed E-state index contributed by atoms with van der Waals surface area (Å²) < 4.78 is 0. The summed E-state index contributed by atoms with van der Waals surface area (Å²) in [6.45, 7) is 5.43. The van der Waals surface area contributed by atoms with E-state index in [1.807, 2.05) is 37.3 Å². The zero-order valence-corrected chi connectivity index (χ0v) is 12.8. The number of rotatable bonds is 7. The molecule has 0 aliphatic rings. The third-order valence-electron chi connectivity index (χ3n) is 3.31. The first-order chi connectivity index (χ1) is 9.90. The fourth-order valence-corrected chi connectivity index (χ4v) is 2.02. The number of urea groups is 1. The molecule has 3 N–H and O–H groups in total. The Kier molecular flexibility index (Phi) is 6.72. The van der Waals surface area contributed by atoms with E-state index in [0.717, 1.165) is 12.8 Å². The molecule has 0 saturated carbocycles. The second-order valence-corrected chi connectivity index (χ2v) is 5.60. The van der Waals surface area contributed by atoms with Gasteiger partial charge in [-0.2, -0.15) is 0 Å². The van der Waals surface area contributed by atoms with Crippen LogP contribution in [0.2, 0.25) is 0 Å². The molecule has 5 nitrogen and oxygen atoms in total. The number of carbonyl (C=O) groups is 2. The van der Waals surface area contributed by atoms with Crippen LogP contribution in [0.5, 0.6) is 0 Å². The topological polar surface area (TPSA) is 78.4 Å². The Labute approximate surface area is 125 Å². The highest BCUT2D eigenvalue weighted by Crippen LogP contribution is 2.05. The maximum Gasteiger partial charge on any atom is 0.326 e. The molecule has 1 unspecified atom stereocenters. The van der Waals surface area contributed by atoms with E-state index in [1.165, 1.54) is 5.56 Å². The number of amides is 2. The van der Waals surface area contributed by atoms with Gasteiger partial charge in [-0.25, -0.2) is 9.59 Å². The lowest BCUT2D eigenvalue weighted by atomic mass is 10.0. The Bertz CT molecular complexity index is 460. The van der Waals surface area contributed by atoms with Crippen LogP contribution in [0.4, 0.5) is 4.79 Å². The first kappa shape index (κ1) is 17.0. The van der Waals surface area contributed by atoms with Crippen molar-refractivity contribution in [3.63, 3.8) is 0 Å². The molecule has 116 valence electrons. The molecule has 0 spiro atoms. The Balaban J connectivity index is 2.38. The fourth-order valence-electron chi connectivity index (χ4n) is 2.02. The molecule has 0 heterocycles. The van der Waals surface area contributed by atoms with Crippen LogP contribution in [0.1, 0.15) is 32.8 Å². The molecule has 21 heavy (non-hydrogen) atoms. The van der Waals surface area contributed by atoms with Gasteiger partial charge in [-0.1, -0.05) is 44.2 Å². The maximum absolute atomic E-state index is 11.8. The lowest BCUT2D eigenvalue weighted by Crippen LogP contribution is -2.50. The zero-order chi connectivity index (χ0) is 15.8. The zero-order valence-electron chi connectivity index (χ0n) is 12.8. The highest BCUT2D eigenvalue weighted by atomic mass is 16.4. The predicted octanol–water partition coefficient (Wildman–Crippen LogP) is 2.42. The van der Waals surface area contributed by atoms with Gasteiger partial charge in [0, 0.05) is 6.04 Å². The lowest BCUT2D eigenvalue weighted by molar-refractivity contribution is -0.140. The molecule has 0 fully saturated rings. The van der Waals surface area contributed by atoms with Crippen molar-refractivity contribution >= 4 is 12.0 Å².